The molecule has 0 amide bonds. The van der Waals surface area contributed by atoms with Gasteiger partial charge in [-0.15, -0.1) is 0 Å². The van der Waals surface area contributed by atoms with Crippen LogP contribution < -0.4 is 10.6 Å². The monoisotopic (exact) mass is 144 g/mol. The van der Waals surface area contributed by atoms with Crippen molar-refractivity contribution >= 4 is 23.0 Å². The molecule has 1 rings (SSSR count). The quantitative estimate of drug-likeness (QED) is 0.402. The molecule has 0 spiro atoms. The molecular formula is C5H8N2OS. The van der Waals surface area contributed by atoms with Gasteiger partial charge >= 0.3 is 0 Å². The Kier molecular flexibility index (Phi) is 1.29. The summed E-state index contributed by atoms with van der Waals surface area (Å²) in [5.41, 5.74) is -0.657. The van der Waals surface area contributed by atoms with Crippen molar-refractivity contribution in [2.75, 3.05) is 7.05 Å². The fourth-order valence-electron chi connectivity index (χ4n) is 0.739. The Labute approximate surface area is 58.8 Å². The fourth-order valence-corrected chi connectivity index (χ4v) is 1.14. The average Bonchev–Trinajstić information content (AvgIpc) is 2.43. The van der Waals surface area contributed by atoms with Gasteiger partial charge in [-0.3, -0.25) is 10.1 Å². The summed E-state index contributed by atoms with van der Waals surface area (Å²) in [5, 5.41) is 5.56. The van der Waals surface area contributed by atoms with Gasteiger partial charge < -0.3 is 5.32 Å². The maximum atomic E-state index is 10.8. The normalized spacial score (nSPS) is 31.6. The van der Waals surface area contributed by atoms with Crippen molar-refractivity contribution in [2.24, 2.45) is 0 Å². The molecule has 50 valence electrons. The molecule has 1 aliphatic heterocycles. The number of Topliss-reactive ketones (excluding diaryl/α,β-unsaturated/α-hetero) is 1. The fraction of sp³-hybridized carbons (Fsp3) is 0.600. The van der Waals surface area contributed by atoms with Gasteiger partial charge in [-0.25, -0.2) is 0 Å². The lowest BCUT2D eigenvalue weighted by atomic mass is 10.2. The topological polar surface area (TPSA) is 51.0 Å². The second-order valence-corrected chi connectivity index (χ2v) is 2.42. The predicted octanol–water partition coefficient (Wildman–Crippen LogP) is -0.578. The summed E-state index contributed by atoms with van der Waals surface area (Å²) in [4.78, 5) is 11.4. The molecule has 0 aromatic heterocycles. The molecule has 2 N–H and O–H groups in total. The number of rotatable bonds is 2. The van der Waals surface area contributed by atoms with Gasteiger partial charge in [0.05, 0.1) is 0 Å². The highest BCUT2D eigenvalue weighted by Gasteiger charge is 2.52. The van der Waals surface area contributed by atoms with Crippen LogP contribution in [0.4, 0.5) is 0 Å². The van der Waals surface area contributed by atoms with E-state index >= 15 is 0 Å². The second kappa shape index (κ2) is 1.75. The van der Waals surface area contributed by atoms with Crippen LogP contribution in [0.2, 0.25) is 0 Å². The van der Waals surface area contributed by atoms with Gasteiger partial charge in [-0.2, -0.15) is 0 Å². The summed E-state index contributed by atoms with van der Waals surface area (Å²) >= 11 is 4.76. The minimum Gasteiger partial charge on any atom is -0.346 e. The number of likely N-dealkylation sites (N-methyl/N-ethyl adjacent to an activating group) is 1. The van der Waals surface area contributed by atoms with E-state index in [9.17, 15) is 4.79 Å². The highest BCUT2D eigenvalue weighted by Crippen LogP contribution is 2.17. The molecule has 3 nitrogen and oxygen atoms in total. The number of hydrogen-bond donors (Lipinski definition) is 2. The van der Waals surface area contributed by atoms with Gasteiger partial charge in [0, 0.05) is 0 Å². The molecule has 0 aromatic rings. The third kappa shape index (κ3) is 0.746. The van der Waals surface area contributed by atoms with Crippen molar-refractivity contribution in [2.45, 2.75) is 12.6 Å². The molecule has 1 atom stereocenters. The van der Waals surface area contributed by atoms with Crippen LogP contribution in [-0.2, 0) is 4.79 Å². The first-order chi connectivity index (χ1) is 4.13. The van der Waals surface area contributed by atoms with E-state index in [4.69, 9.17) is 12.2 Å². The number of thiocarbonyl (C=S) groups is 1. The van der Waals surface area contributed by atoms with E-state index in [2.05, 4.69) is 10.6 Å². The minimum absolute atomic E-state index is 0.0231. The van der Waals surface area contributed by atoms with Crippen molar-refractivity contribution in [3.63, 3.8) is 0 Å². The molecule has 0 aliphatic carbocycles. The van der Waals surface area contributed by atoms with E-state index < -0.39 is 5.66 Å². The Morgan fingerprint density at radius 2 is 2.33 bits per heavy atom. The number of carbonyl (C=O) groups excluding carboxylic acids is 1. The molecule has 1 fully saturated rings. The van der Waals surface area contributed by atoms with E-state index in [-0.39, 0.29) is 5.78 Å². The lowest BCUT2D eigenvalue weighted by molar-refractivity contribution is -0.119. The van der Waals surface area contributed by atoms with E-state index in [1.807, 2.05) is 0 Å². The number of nitrogens with one attached hydrogen (secondary N) is 2. The molecule has 9 heavy (non-hydrogen) atoms. The van der Waals surface area contributed by atoms with Crippen LogP contribution in [0, 0.1) is 0 Å². The van der Waals surface area contributed by atoms with Crippen LogP contribution >= 0.6 is 12.2 Å². The molecule has 1 saturated heterocycles. The lowest BCUT2D eigenvalue weighted by Gasteiger charge is -2.03. The van der Waals surface area contributed by atoms with Gasteiger partial charge in [0.25, 0.3) is 0 Å². The highest BCUT2D eigenvalue weighted by atomic mass is 32.1. The van der Waals surface area contributed by atoms with Gasteiger partial charge in [0.15, 0.2) is 5.78 Å². The Hall–Kier alpha value is -0.480. The Bertz CT molecular complexity index is 180. The molecule has 0 aromatic carbocycles. The minimum atomic E-state index is -0.657. The lowest BCUT2D eigenvalue weighted by Crippen LogP contribution is -2.40. The van der Waals surface area contributed by atoms with Gasteiger partial charge in [0.1, 0.15) is 4.99 Å². The van der Waals surface area contributed by atoms with Crippen LogP contribution in [0.1, 0.15) is 6.92 Å². The molecule has 1 unspecified atom stereocenters. The maximum absolute atomic E-state index is 10.8. The predicted molar refractivity (Wildman–Crippen MR) is 38.2 cm³/mol. The summed E-state index contributed by atoms with van der Waals surface area (Å²) in [6.07, 6.45) is 0. The Morgan fingerprint density at radius 1 is 1.89 bits per heavy atom. The third-order valence-corrected chi connectivity index (χ3v) is 1.89. The first kappa shape index (κ1) is 6.64. The molecule has 0 saturated carbocycles. The van der Waals surface area contributed by atoms with Crippen LogP contribution in [-0.4, -0.2) is 23.5 Å². The van der Waals surface area contributed by atoms with E-state index in [1.54, 1.807) is 7.05 Å². The Balaban J connectivity index is 2.74. The first-order valence-electron chi connectivity index (χ1n) is 2.66. The zero-order chi connectivity index (χ0) is 7.07. The van der Waals surface area contributed by atoms with Gasteiger partial charge in [-0.1, -0.05) is 12.2 Å². The number of carbonyl (C=O) groups is 1. The summed E-state index contributed by atoms with van der Waals surface area (Å²) in [7, 11) is 1.70. The average molecular weight is 144 g/mol. The van der Waals surface area contributed by atoms with Crippen molar-refractivity contribution in [3.05, 3.63) is 0 Å². The molecule has 0 radical (unpaired) electrons. The Morgan fingerprint density at radius 3 is 2.33 bits per heavy atom. The van der Waals surface area contributed by atoms with Crippen molar-refractivity contribution in [1.82, 2.24) is 10.6 Å². The molecule has 0 bridgehead atoms. The van der Waals surface area contributed by atoms with Crippen molar-refractivity contribution in [1.29, 1.82) is 0 Å². The van der Waals surface area contributed by atoms with Gasteiger partial charge in [-0.05, 0) is 14.0 Å². The van der Waals surface area contributed by atoms with Crippen molar-refractivity contribution < 1.29 is 4.79 Å². The smallest absolute Gasteiger partial charge is 0.200 e. The van der Waals surface area contributed by atoms with E-state index in [1.165, 1.54) is 6.92 Å². The molecule has 4 heteroatoms. The van der Waals surface area contributed by atoms with Crippen LogP contribution in [0.5, 0.6) is 0 Å². The van der Waals surface area contributed by atoms with Crippen LogP contribution in [0.15, 0.2) is 0 Å². The SMILES string of the molecule is CNC1(C(C)=O)NC1=S. The summed E-state index contributed by atoms with van der Waals surface area (Å²) < 4.78 is 0. The van der Waals surface area contributed by atoms with Crippen LogP contribution in [0.25, 0.3) is 0 Å². The van der Waals surface area contributed by atoms with E-state index in [0.717, 1.165) is 0 Å². The largest absolute Gasteiger partial charge is 0.346 e. The standard InChI is InChI=1S/C5H8N2OS/c1-3(8)5(6-2)4(9)7-5/h6H,1-2H3,(H,7,9). The van der Waals surface area contributed by atoms with Crippen LogP contribution in [0.3, 0.4) is 0 Å². The third-order valence-electron chi connectivity index (χ3n) is 1.48. The first-order valence-corrected chi connectivity index (χ1v) is 3.07. The highest BCUT2D eigenvalue weighted by molar-refractivity contribution is 7.81. The molecule has 1 aliphatic rings. The molecular weight excluding hydrogens is 136 g/mol. The summed E-state index contributed by atoms with van der Waals surface area (Å²) in [6.45, 7) is 1.50. The number of hydrogen-bond acceptors (Lipinski definition) is 3. The van der Waals surface area contributed by atoms with Gasteiger partial charge in [0.2, 0.25) is 5.66 Å². The van der Waals surface area contributed by atoms with E-state index in [0.29, 0.717) is 4.99 Å². The summed E-state index contributed by atoms with van der Waals surface area (Å²) in [6, 6.07) is 0. The zero-order valence-corrected chi connectivity index (χ0v) is 6.13. The maximum Gasteiger partial charge on any atom is 0.200 e. The second-order valence-electron chi connectivity index (χ2n) is 2.01. The zero-order valence-electron chi connectivity index (χ0n) is 5.32. The van der Waals surface area contributed by atoms with Crippen molar-refractivity contribution in [3.8, 4) is 0 Å². The number of ketones is 1. The summed E-state index contributed by atoms with van der Waals surface area (Å²) in [5.74, 6) is 0.0231. The molecule has 1 heterocycles.